The first-order valence-corrected chi connectivity index (χ1v) is 3.93. The van der Waals surface area contributed by atoms with Crippen LogP contribution in [0.15, 0.2) is 12.3 Å². The van der Waals surface area contributed by atoms with Crippen molar-refractivity contribution in [2.24, 2.45) is 0 Å². The molecule has 13 heavy (non-hydrogen) atoms. The lowest BCUT2D eigenvalue weighted by Crippen LogP contribution is -2.23. The molecule has 0 N–H and O–H groups in total. The van der Waals surface area contributed by atoms with E-state index < -0.39 is 5.82 Å². The van der Waals surface area contributed by atoms with E-state index in [4.69, 9.17) is 11.6 Å². The van der Waals surface area contributed by atoms with Crippen molar-refractivity contribution in [1.82, 2.24) is 9.88 Å². The summed E-state index contributed by atoms with van der Waals surface area (Å²) in [5.74, 6) is -0.898. The quantitative estimate of drug-likeness (QED) is 0.693. The number of carbonyl (C=O) groups excluding carboxylic acids is 1. The van der Waals surface area contributed by atoms with Gasteiger partial charge in [-0.3, -0.25) is 4.79 Å². The molecule has 1 heterocycles. The van der Waals surface area contributed by atoms with Crippen molar-refractivity contribution in [1.29, 1.82) is 0 Å². The molecule has 0 aliphatic rings. The summed E-state index contributed by atoms with van der Waals surface area (Å²) in [7, 11) is 3.15. The predicted octanol–water partition coefficient (Wildman–Crippen LogP) is 1.58. The number of carbonyl (C=O) groups is 1. The van der Waals surface area contributed by atoms with E-state index in [0.717, 1.165) is 12.3 Å². The first-order chi connectivity index (χ1) is 6.02. The molecule has 0 saturated carbocycles. The number of rotatable bonds is 1. The maximum atomic E-state index is 12.5. The van der Waals surface area contributed by atoms with Gasteiger partial charge in [-0.05, 0) is 6.07 Å². The number of hydrogen-bond donors (Lipinski definition) is 0. The van der Waals surface area contributed by atoms with Gasteiger partial charge < -0.3 is 4.90 Å². The average molecular weight is 203 g/mol. The van der Waals surface area contributed by atoms with E-state index >= 15 is 0 Å². The van der Waals surface area contributed by atoms with Crippen LogP contribution in [0, 0.1) is 5.82 Å². The van der Waals surface area contributed by atoms with Crippen LogP contribution >= 0.6 is 11.6 Å². The topological polar surface area (TPSA) is 33.2 Å². The molecule has 0 fully saturated rings. The Bertz CT molecular complexity index is 341. The average Bonchev–Trinajstić information content (AvgIpc) is 2.03. The lowest BCUT2D eigenvalue weighted by atomic mass is 10.3. The maximum Gasteiger partial charge on any atom is 0.273 e. The van der Waals surface area contributed by atoms with Gasteiger partial charge >= 0.3 is 0 Å². The molecule has 1 aromatic rings. The zero-order valence-corrected chi connectivity index (χ0v) is 7.97. The maximum absolute atomic E-state index is 12.5. The summed E-state index contributed by atoms with van der Waals surface area (Å²) in [4.78, 5) is 16.3. The molecule has 0 unspecified atom stereocenters. The number of aromatic nitrogens is 1. The van der Waals surface area contributed by atoms with Crippen molar-refractivity contribution in [3.8, 4) is 0 Å². The number of halogens is 2. The molecule has 1 rings (SSSR count). The van der Waals surface area contributed by atoms with E-state index in [1.165, 1.54) is 4.90 Å². The molecule has 0 aliphatic carbocycles. The first kappa shape index (κ1) is 9.92. The number of amides is 1. The lowest BCUT2D eigenvalue weighted by Gasteiger charge is -2.09. The predicted molar refractivity (Wildman–Crippen MR) is 47.2 cm³/mol. The second-order valence-corrected chi connectivity index (χ2v) is 3.09. The third kappa shape index (κ3) is 2.15. The summed E-state index contributed by atoms with van der Waals surface area (Å²) in [5, 5.41) is 0.0266. The zero-order valence-electron chi connectivity index (χ0n) is 7.21. The SMILES string of the molecule is CN(C)C(=O)c1ncc(F)cc1Cl. The minimum absolute atomic E-state index is 0.0266. The molecular formula is C8H8ClFN2O. The highest BCUT2D eigenvalue weighted by Crippen LogP contribution is 2.15. The van der Waals surface area contributed by atoms with Crippen LogP contribution in [0.2, 0.25) is 5.02 Å². The normalized spacial score (nSPS) is 9.85. The number of nitrogens with zero attached hydrogens (tertiary/aromatic N) is 2. The second kappa shape index (κ2) is 3.70. The van der Waals surface area contributed by atoms with Crippen molar-refractivity contribution >= 4 is 17.5 Å². The van der Waals surface area contributed by atoms with E-state index in [-0.39, 0.29) is 16.6 Å². The Morgan fingerprint density at radius 2 is 2.23 bits per heavy atom. The molecule has 0 spiro atoms. The van der Waals surface area contributed by atoms with Crippen LogP contribution in [0.1, 0.15) is 10.5 Å². The summed E-state index contributed by atoms with van der Waals surface area (Å²) < 4.78 is 12.5. The molecule has 3 nitrogen and oxygen atoms in total. The summed E-state index contributed by atoms with van der Waals surface area (Å²) in [6.07, 6.45) is 0.961. The molecule has 1 aromatic heterocycles. The number of pyridine rings is 1. The molecule has 0 aromatic carbocycles. The molecule has 70 valence electrons. The van der Waals surface area contributed by atoms with Gasteiger partial charge in [-0.15, -0.1) is 0 Å². The van der Waals surface area contributed by atoms with Gasteiger partial charge in [-0.25, -0.2) is 9.37 Å². The fraction of sp³-hybridized carbons (Fsp3) is 0.250. The van der Waals surface area contributed by atoms with Crippen LogP contribution < -0.4 is 0 Å². The molecule has 5 heteroatoms. The minimum atomic E-state index is -0.555. The van der Waals surface area contributed by atoms with E-state index in [1.54, 1.807) is 14.1 Å². The summed E-state index contributed by atoms with van der Waals surface area (Å²) in [5.41, 5.74) is 0.0630. The Kier molecular flexibility index (Phi) is 2.83. The van der Waals surface area contributed by atoms with Gasteiger partial charge in [0.25, 0.3) is 5.91 Å². The Hall–Kier alpha value is -1.16. The van der Waals surface area contributed by atoms with Crippen LogP contribution in [0.4, 0.5) is 4.39 Å². The Morgan fingerprint density at radius 3 is 2.69 bits per heavy atom. The van der Waals surface area contributed by atoms with Gasteiger partial charge in [0.05, 0.1) is 11.2 Å². The lowest BCUT2D eigenvalue weighted by molar-refractivity contribution is 0.0822. The van der Waals surface area contributed by atoms with Crippen LogP contribution in [0.25, 0.3) is 0 Å². The fourth-order valence-electron chi connectivity index (χ4n) is 0.784. The highest BCUT2D eigenvalue weighted by atomic mass is 35.5. The van der Waals surface area contributed by atoms with Crippen LogP contribution in [-0.4, -0.2) is 29.9 Å². The molecule has 0 saturated heterocycles. The zero-order chi connectivity index (χ0) is 10.0. The Balaban J connectivity index is 3.09. The van der Waals surface area contributed by atoms with Crippen LogP contribution in [0.5, 0.6) is 0 Å². The summed E-state index contributed by atoms with van der Waals surface area (Å²) in [6, 6.07) is 1.06. The first-order valence-electron chi connectivity index (χ1n) is 3.55. The molecular weight excluding hydrogens is 195 g/mol. The Morgan fingerprint density at radius 1 is 1.62 bits per heavy atom. The van der Waals surface area contributed by atoms with Crippen molar-refractivity contribution in [2.75, 3.05) is 14.1 Å². The third-order valence-electron chi connectivity index (χ3n) is 1.42. The van der Waals surface area contributed by atoms with Gasteiger partial charge in [-0.2, -0.15) is 0 Å². The highest BCUT2D eigenvalue weighted by molar-refractivity contribution is 6.33. The molecule has 0 atom stereocenters. The molecule has 0 aliphatic heterocycles. The second-order valence-electron chi connectivity index (χ2n) is 2.68. The van der Waals surface area contributed by atoms with E-state index in [2.05, 4.69) is 4.98 Å². The molecule has 0 radical (unpaired) electrons. The standard InChI is InChI=1S/C8H8ClFN2O/c1-12(2)8(13)7-6(9)3-5(10)4-11-7/h3-4H,1-2H3. The van der Waals surface area contributed by atoms with Crippen molar-refractivity contribution in [2.45, 2.75) is 0 Å². The van der Waals surface area contributed by atoms with Gasteiger partial charge in [-0.1, -0.05) is 11.6 Å². The van der Waals surface area contributed by atoms with E-state index in [0.29, 0.717) is 0 Å². The van der Waals surface area contributed by atoms with Gasteiger partial charge in [0.15, 0.2) is 0 Å². The van der Waals surface area contributed by atoms with Crippen molar-refractivity contribution < 1.29 is 9.18 Å². The van der Waals surface area contributed by atoms with E-state index in [1.807, 2.05) is 0 Å². The Labute approximate surface area is 80.1 Å². The van der Waals surface area contributed by atoms with Crippen LogP contribution in [0.3, 0.4) is 0 Å². The van der Waals surface area contributed by atoms with Gasteiger partial charge in [0, 0.05) is 14.1 Å². The fourth-order valence-corrected chi connectivity index (χ4v) is 1.02. The molecule has 1 amide bonds. The summed E-state index contributed by atoms with van der Waals surface area (Å²) in [6.45, 7) is 0. The summed E-state index contributed by atoms with van der Waals surface area (Å²) >= 11 is 5.62. The van der Waals surface area contributed by atoms with Gasteiger partial charge in [0.2, 0.25) is 0 Å². The third-order valence-corrected chi connectivity index (χ3v) is 1.70. The van der Waals surface area contributed by atoms with E-state index in [9.17, 15) is 9.18 Å². The number of hydrogen-bond acceptors (Lipinski definition) is 2. The van der Waals surface area contributed by atoms with Crippen LogP contribution in [-0.2, 0) is 0 Å². The van der Waals surface area contributed by atoms with Crippen molar-refractivity contribution in [3.63, 3.8) is 0 Å². The minimum Gasteiger partial charge on any atom is -0.343 e. The molecule has 0 bridgehead atoms. The largest absolute Gasteiger partial charge is 0.343 e. The smallest absolute Gasteiger partial charge is 0.273 e. The van der Waals surface area contributed by atoms with Gasteiger partial charge in [0.1, 0.15) is 11.5 Å². The monoisotopic (exact) mass is 202 g/mol. The van der Waals surface area contributed by atoms with Crippen molar-refractivity contribution in [3.05, 3.63) is 28.8 Å². The highest BCUT2D eigenvalue weighted by Gasteiger charge is 2.14.